The molecule has 0 saturated carbocycles. The van der Waals surface area contributed by atoms with E-state index in [1.165, 1.54) is 0 Å². The Morgan fingerprint density at radius 1 is 1.08 bits per heavy atom. The maximum Gasteiger partial charge on any atom is 0.303 e. The molecule has 7 heteroatoms. The van der Waals surface area contributed by atoms with Gasteiger partial charge in [-0.15, -0.1) is 0 Å². The summed E-state index contributed by atoms with van der Waals surface area (Å²) in [6.45, 7) is 0. The van der Waals surface area contributed by atoms with E-state index in [4.69, 9.17) is 15.1 Å². The number of unbranched alkanes of at least 4 members (excludes halogenated alkanes) is 1. The van der Waals surface area contributed by atoms with Crippen molar-refractivity contribution in [3.8, 4) is 0 Å². The molecule has 0 bridgehead atoms. The van der Waals surface area contributed by atoms with Crippen molar-refractivity contribution in [2.45, 2.75) is 63.8 Å². The molecule has 0 unspecified atom stereocenters. The van der Waals surface area contributed by atoms with Gasteiger partial charge >= 0.3 is 5.97 Å². The predicted molar refractivity (Wildman–Crippen MR) is 138 cm³/mol. The fraction of sp³-hybridized carbons (Fsp3) is 0.345. The minimum atomic E-state index is -0.787. The fourth-order valence-corrected chi connectivity index (χ4v) is 4.99. The number of nitrogens with one attached hydrogen (secondary N) is 1. The molecule has 2 heterocycles. The van der Waals surface area contributed by atoms with Gasteiger partial charge in [0.25, 0.3) is 5.91 Å². The minimum absolute atomic E-state index is 0.0473. The molecule has 0 aliphatic heterocycles. The number of carbonyl (C=O) groups excluding carboxylic acids is 1. The second kappa shape index (κ2) is 10.8. The summed E-state index contributed by atoms with van der Waals surface area (Å²) in [6.07, 6.45) is 15.1. The molecule has 3 aromatic rings. The molecule has 184 valence electrons. The number of aryl methyl sites for hydroxylation is 2. The van der Waals surface area contributed by atoms with Crippen molar-refractivity contribution in [1.82, 2.24) is 20.3 Å². The molecule has 0 saturated heterocycles. The molecule has 7 nitrogen and oxygen atoms in total. The summed E-state index contributed by atoms with van der Waals surface area (Å²) in [5.74, 6) is -0.921. The molecule has 2 N–H and O–H groups in total. The number of amides is 1. The highest BCUT2D eigenvalue weighted by atomic mass is 16.4. The third-order valence-electron chi connectivity index (χ3n) is 6.83. The van der Waals surface area contributed by atoms with E-state index in [0.717, 1.165) is 65.8 Å². The van der Waals surface area contributed by atoms with Crippen LogP contribution >= 0.6 is 0 Å². The van der Waals surface area contributed by atoms with Gasteiger partial charge in [-0.25, -0.2) is 9.97 Å². The zero-order chi connectivity index (χ0) is 24.9. The number of carboxylic acids is 1. The molecule has 2 aromatic heterocycles. The quantitative estimate of drug-likeness (QED) is 0.419. The van der Waals surface area contributed by atoms with Gasteiger partial charge in [-0.1, -0.05) is 24.3 Å². The van der Waals surface area contributed by atoms with E-state index in [1.807, 2.05) is 18.2 Å². The SMILES string of the molecule is O=C(O)CCCCc1nc2cc(C(=O)N[C@@H]3CCCc4ncccc43)ccc2nc1C1=CCCC=C1. The zero-order valence-corrected chi connectivity index (χ0v) is 20.2. The second-order valence-corrected chi connectivity index (χ2v) is 9.42. The fourth-order valence-electron chi connectivity index (χ4n) is 4.99. The van der Waals surface area contributed by atoms with Crippen molar-refractivity contribution < 1.29 is 14.7 Å². The molecule has 1 aromatic carbocycles. The van der Waals surface area contributed by atoms with Crippen LogP contribution in [0.4, 0.5) is 0 Å². The highest BCUT2D eigenvalue weighted by molar-refractivity contribution is 5.97. The Hall–Kier alpha value is -3.87. The van der Waals surface area contributed by atoms with E-state index in [-0.39, 0.29) is 18.4 Å². The van der Waals surface area contributed by atoms with Crippen molar-refractivity contribution in [3.05, 3.63) is 83.0 Å². The Labute approximate surface area is 210 Å². The van der Waals surface area contributed by atoms with Crippen LogP contribution in [0.15, 0.2) is 54.8 Å². The summed E-state index contributed by atoms with van der Waals surface area (Å²) >= 11 is 0. The standard InChI is InChI=1S/C29H30N4O3/c34-27(35)14-5-4-11-25-28(19-8-2-1-3-9-19)32-24-16-15-20(18-26(24)31-25)29(36)33-23-13-6-12-22-21(23)10-7-17-30-22/h2,7-10,15-18,23H,1,3-6,11-14H2,(H,33,36)(H,34,35)/t23-/m1/s1. The molecular weight excluding hydrogens is 452 g/mol. The number of nitrogens with zero attached hydrogens (tertiary/aromatic N) is 3. The number of rotatable bonds is 8. The van der Waals surface area contributed by atoms with E-state index in [0.29, 0.717) is 30.3 Å². The van der Waals surface area contributed by atoms with Gasteiger partial charge < -0.3 is 10.4 Å². The smallest absolute Gasteiger partial charge is 0.303 e. The Kier molecular flexibility index (Phi) is 7.16. The summed E-state index contributed by atoms with van der Waals surface area (Å²) < 4.78 is 0. The molecule has 0 fully saturated rings. The van der Waals surface area contributed by atoms with E-state index in [9.17, 15) is 9.59 Å². The average Bonchev–Trinajstić information content (AvgIpc) is 2.91. The lowest BCUT2D eigenvalue weighted by molar-refractivity contribution is -0.137. The first-order chi connectivity index (χ1) is 17.6. The number of carbonyl (C=O) groups is 2. The molecule has 1 atom stereocenters. The number of allylic oxidation sites excluding steroid dienone is 4. The van der Waals surface area contributed by atoms with E-state index >= 15 is 0 Å². The number of aromatic nitrogens is 3. The van der Waals surface area contributed by atoms with Gasteiger partial charge in [-0.05, 0) is 86.8 Å². The number of carboxylic acid groups (broad SMARTS) is 1. The summed E-state index contributed by atoms with van der Waals surface area (Å²) in [7, 11) is 0. The van der Waals surface area contributed by atoms with Crippen LogP contribution < -0.4 is 5.32 Å². The van der Waals surface area contributed by atoms with Gasteiger partial charge in [-0.2, -0.15) is 0 Å². The highest BCUT2D eigenvalue weighted by Crippen LogP contribution is 2.29. The lowest BCUT2D eigenvalue weighted by Gasteiger charge is -2.25. The lowest BCUT2D eigenvalue weighted by Crippen LogP contribution is -2.31. The number of fused-ring (bicyclic) bond motifs is 2. The molecule has 0 spiro atoms. The van der Waals surface area contributed by atoms with Crippen LogP contribution in [0.3, 0.4) is 0 Å². The second-order valence-electron chi connectivity index (χ2n) is 9.42. The van der Waals surface area contributed by atoms with Crippen LogP contribution in [-0.2, 0) is 17.6 Å². The van der Waals surface area contributed by atoms with Crippen LogP contribution in [0.5, 0.6) is 0 Å². The van der Waals surface area contributed by atoms with Gasteiger partial charge in [0, 0.05) is 23.9 Å². The van der Waals surface area contributed by atoms with Crippen LogP contribution in [0.1, 0.15) is 84.0 Å². The van der Waals surface area contributed by atoms with Crippen molar-refractivity contribution in [2.75, 3.05) is 0 Å². The van der Waals surface area contributed by atoms with E-state index in [1.54, 1.807) is 18.3 Å². The van der Waals surface area contributed by atoms with Crippen LogP contribution in [0.25, 0.3) is 16.6 Å². The van der Waals surface area contributed by atoms with Crippen LogP contribution in [0, 0.1) is 0 Å². The molecule has 2 aliphatic rings. The third kappa shape index (κ3) is 5.35. The van der Waals surface area contributed by atoms with Crippen molar-refractivity contribution >= 4 is 28.5 Å². The largest absolute Gasteiger partial charge is 0.481 e. The Bertz CT molecular complexity index is 1360. The van der Waals surface area contributed by atoms with Crippen molar-refractivity contribution in [1.29, 1.82) is 0 Å². The van der Waals surface area contributed by atoms with Gasteiger partial charge in [0.05, 0.1) is 28.5 Å². The molecule has 2 aliphatic carbocycles. The maximum absolute atomic E-state index is 13.2. The van der Waals surface area contributed by atoms with Gasteiger partial charge in [0.15, 0.2) is 0 Å². The summed E-state index contributed by atoms with van der Waals surface area (Å²) in [6, 6.07) is 9.39. The Balaban J connectivity index is 1.41. The minimum Gasteiger partial charge on any atom is -0.481 e. The Morgan fingerprint density at radius 2 is 2.00 bits per heavy atom. The van der Waals surface area contributed by atoms with E-state index < -0.39 is 5.97 Å². The van der Waals surface area contributed by atoms with Crippen LogP contribution in [0.2, 0.25) is 0 Å². The monoisotopic (exact) mass is 482 g/mol. The van der Waals surface area contributed by atoms with Crippen molar-refractivity contribution in [3.63, 3.8) is 0 Å². The van der Waals surface area contributed by atoms with Gasteiger partial charge in [0.2, 0.25) is 0 Å². The summed E-state index contributed by atoms with van der Waals surface area (Å²) in [5.41, 5.74) is 6.86. The highest BCUT2D eigenvalue weighted by Gasteiger charge is 2.23. The maximum atomic E-state index is 13.2. The first-order valence-corrected chi connectivity index (χ1v) is 12.7. The molecule has 5 rings (SSSR count). The Morgan fingerprint density at radius 3 is 2.83 bits per heavy atom. The van der Waals surface area contributed by atoms with Gasteiger partial charge in [-0.3, -0.25) is 14.6 Å². The van der Waals surface area contributed by atoms with E-state index in [2.05, 4.69) is 28.5 Å². The average molecular weight is 483 g/mol. The number of benzene rings is 1. The third-order valence-corrected chi connectivity index (χ3v) is 6.83. The predicted octanol–water partition coefficient (Wildman–Crippen LogP) is 5.36. The zero-order valence-electron chi connectivity index (χ0n) is 20.2. The number of hydrogen-bond donors (Lipinski definition) is 2. The molecule has 36 heavy (non-hydrogen) atoms. The normalized spacial score (nSPS) is 16.9. The number of pyridine rings is 1. The lowest BCUT2D eigenvalue weighted by atomic mass is 9.91. The first kappa shape index (κ1) is 23.9. The first-order valence-electron chi connectivity index (χ1n) is 12.7. The summed E-state index contributed by atoms with van der Waals surface area (Å²) in [5, 5.41) is 12.2. The van der Waals surface area contributed by atoms with Gasteiger partial charge in [0.1, 0.15) is 0 Å². The van der Waals surface area contributed by atoms with Crippen LogP contribution in [-0.4, -0.2) is 31.9 Å². The van der Waals surface area contributed by atoms with Crippen molar-refractivity contribution in [2.24, 2.45) is 0 Å². The number of aliphatic carboxylic acids is 1. The summed E-state index contributed by atoms with van der Waals surface area (Å²) in [4.78, 5) is 38.4. The number of hydrogen-bond acceptors (Lipinski definition) is 5. The molecule has 1 amide bonds. The molecule has 0 radical (unpaired) electrons. The molecular formula is C29H30N4O3. The topological polar surface area (TPSA) is 105 Å².